The molecule has 134 valence electrons. The number of thiophene rings is 1. The standard InChI is InChI=1S/C16H20N4O4S/c1-17-14(22)12-6-9-8-20(5-4-11(9)25-12)13(21)7-10-15(23)19(3)16(24)18(10)2/h6,10H,4-5,7-8H2,1-3H3,(H,17,22)/t10-/m1/s1. The average molecular weight is 364 g/mol. The molecular formula is C16H20N4O4S. The third-order valence-electron chi connectivity index (χ3n) is 4.71. The summed E-state index contributed by atoms with van der Waals surface area (Å²) in [5, 5.41) is 2.60. The zero-order valence-corrected chi connectivity index (χ0v) is 15.2. The number of carbonyl (C=O) groups excluding carboxylic acids is 4. The first kappa shape index (κ1) is 17.4. The number of imide groups is 1. The summed E-state index contributed by atoms with van der Waals surface area (Å²) in [5.41, 5.74) is 0.975. The molecule has 1 N–H and O–H groups in total. The van der Waals surface area contributed by atoms with Crippen LogP contribution in [0.25, 0.3) is 0 Å². The Morgan fingerprint density at radius 2 is 2.04 bits per heavy atom. The first-order valence-corrected chi connectivity index (χ1v) is 8.81. The van der Waals surface area contributed by atoms with E-state index in [0.29, 0.717) is 24.4 Å². The highest BCUT2D eigenvalue weighted by atomic mass is 32.1. The number of hydrogen-bond donors (Lipinski definition) is 1. The van der Waals surface area contributed by atoms with E-state index in [2.05, 4.69) is 5.32 Å². The summed E-state index contributed by atoms with van der Waals surface area (Å²) in [6, 6.07) is 0.690. The van der Waals surface area contributed by atoms with Crippen LogP contribution in [0.3, 0.4) is 0 Å². The topological polar surface area (TPSA) is 90.0 Å². The normalized spacial score (nSPS) is 20.1. The molecule has 1 aromatic rings. The number of amides is 5. The van der Waals surface area contributed by atoms with Crippen molar-refractivity contribution >= 4 is 35.1 Å². The van der Waals surface area contributed by atoms with Crippen molar-refractivity contribution in [2.24, 2.45) is 0 Å². The van der Waals surface area contributed by atoms with Crippen LogP contribution in [0.2, 0.25) is 0 Å². The first-order valence-electron chi connectivity index (χ1n) is 7.99. The highest BCUT2D eigenvalue weighted by Crippen LogP contribution is 2.29. The van der Waals surface area contributed by atoms with Gasteiger partial charge in [0.15, 0.2) is 0 Å². The first-order chi connectivity index (χ1) is 11.8. The van der Waals surface area contributed by atoms with Crippen molar-refractivity contribution < 1.29 is 19.2 Å². The van der Waals surface area contributed by atoms with Crippen LogP contribution in [0.1, 0.15) is 26.5 Å². The second kappa shape index (κ2) is 6.47. The van der Waals surface area contributed by atoms with E-state index in [1.54, 1.807) is 11.9 Å². The maximum absolute atomic E-state index is 12.6. The van der Waals surface area contributed by atoms with Crippen LogP contribution in [-0.4, -0.2) is 72.2 Å². The molecule has 3 heterocycles. The number of carbonyl (C=O) groups is 4. The van der Waals surface area contributed by atoms with Crippen LogP contribution < -0.4 is 5.32 Å². The van der Waals surface area contributed by atoms with E-state index in [1.165, 1.54) is 30.3 Å². The van der Waals surface area contributed by atoms with Crippen molar-refractivity contribution in [1.29, 1.82) is 0 Å². The van der Waals surface area contributed by atoms with Gasteiger partial charge < -0.3 is 15.1 Å². The molecule has 0 radical (unpaired) electrons. The van der Waals surface area contributed by atoms with Crippen LogP contribution in [-0.2, 0) is 22.6 Å². The van der Waals surface area contributed by atoms with Gasteiger partial charge in [0.05, 0.1) is 11.3 Å². The highest BCUT2D eigenvalue weighted by molar-refractivity contribution is 7.14. The van der Waals surface area contributed by atoms with E-state index in [4.69, 9.17) is 0 Å². The van der Waals surface area contributed by atoms with Crippen molar-refractivity contribution in [2.45, 2.75) is 25.4 Å². The molecule has 3 rings (SSSR count). The minimum Gasteiger partial charge on any atom is -0.354 e. The number of likely N-dealkylation sites (N-methyl/N-ethyl adjacent to an activating group) is 2. The molecule has 0 aliphatic carbocycles. The van der Waals surface area contributed by atoms with E-state index < -0.39 is 12.1 Å². The number of hydrogen-bond acceptors (Lipinski definition) is 5. The van der Waals surface area contributed by atoms with Gasteiger partial charge in [-0.2, -0.15) is 0 Å². The van der Waals surface area contributed by atoms with Crippen LogP contribution in [0, 0.1) is 0 Å². The summed E-state index contributed by atoms with van der Waals surface area (Å²) < 4.78 is 0. The summed E-state index contributed by atoms with van der Waals surface area (Å²) in [5.74, 6) is -0.639. The summed E-state index contributed by atoms with van der Waals surface area (Å²) in [4.78, 5) is 54.1. The van der Waals surface area contributed by atoms with E-state index >= 15 is 0 Å². The molecule has 9 heteroatoms. The molecule has 8 nitrogen and oxygen atoms in total. The number of nitrogens with one attached hydrogen (secondary N) is 1. The molecule has 0 aromatic carbocycles. The summed E-state index contributed by atoms with van der Waals surface area (Å²) in [6.45, 7) is 0.976. The Hall–Kier alpha value is -2.42. The van der Waals surface area contributed by atoms with Crippen molar-refractivity contribution in [3.8, 4) is 0 Å². The molecule has 2 aliphatic rings. The summed E-state index contributed by atoms with van der Waals surface area (Å²) in [7, 11) is 4.54. The monoisotopic (exact) mass is 364 g/mol. The Bertz CT molecular complexity index is 759. The molecule has 1 aromatic heterocycles. The number of nitrogens with zero attached hydrogens (tertiary/aromatic N) is 3. The maximum atomic E-state index is 12.6. The molecule has 0 bridgehead atoms. The third kappa shape index (κ3) is 2.99. The second-order valence-electron chi connectivity index (χ2n) is 6.21. The number of fused-ring (bicyclic) bond motifs is 1. The van der Waals surface area contributed by atoms with E-state index in [-0.39, 0.29) is 24.1 Å². The lowest BCUT2D eigenvalue weighted by atomic mass is 10.1. The molecule has 0 spiro atoms. The smallest absolute Gasteiger partial charge is 0.326 e. The Morgan fingerprint density at radius 1 is 1.32 bits per heavy atom. The predicted molar refractivity (Wildman–Crippen MR) is 91.2 cm³/mol. The van der Waals surface area contributed by atoms with Crippen molar-refractivity contribution in [1.82, 2.24) is 20.0 Å². The van der Waals surface area contributed by atoms with Gasteiger partial charge in [-0.1, -0.05) is 0 Å². The van der Waals surface area contributed by atoms with Gasteiger partial charge >= 0.3 is 6.03 Å². The van der Waals surface area contributed by atoms with Gasteiger partial charge in [-0.3, -0.25) is 19.3 Å². The minimum atomic E-state index is -0.740. The van der Waals surface area contributed by atoms with Crippen molar-refractivity contribution in [3.63, 3.8) is 0 Å². The van der Waals surface area contributed by atoms with Crippen LogP contribution >= 0.6 is 11.3 Å². The lowest BCUT2D eigenvalue weighted by Crippen LogP contribution is -2.41. The largest absolute Gasteiger partial charge is 0.354 e. The van der Waals surface area contributed by atoms with Gasteiger partial charge in [0.2, 0.25) is 5.91 Å². The molecule has 5 amide bonds. The Balaban J connectivity index is 1.69. The molecule has 1 atom stereocenters. The molecule has 1 saturated heterocycles. The van der Waals surface area contributed by atoms with E-state index in [9.17, 15) is 19.2 Å². The lowest BCUT2D eigenvalue weighted by molar-refractivity contribution is -0.137. The average Bonchev–Trinajstić information content (AvgIpc) is 3.12. The fourth-order valence-corrected chi connectivity index (χ4v) is 4.26. The summed E-state index contributed by atoms with van der Waals surface area (Å²) in [6.07, 6.45) is 0.670. The zero-order valence-electron chi connectivity index (χ0n) is 14.4. The van der Waals surface area contributed by atoms with Gasteiger partial charge in [-0.05, 0) is 18.1 Å². The second-order valence-corrected chi connectivity index (χ2v) is 7.35. The Labute approximate surface area is 149 Å². The fraction of sp³-hybridized carbons (Fsp3) is 0.500. The number of urea groups is 1. The van der Waals surface area contributed by atoms with Gasteiger partial charge in [0, 0.05) is 39.1 Å². The molecule has 1 fully saturated rings. The molecule has 0 saturated carbocycles. The lowest BCUT2D eigenvalue weighted by Gasteiger charge is -2.28. The van der Waals surface area contributed by atoms with E-state index in [1.807, 2.05) is 6.07 Å². The quantitative estimate of drug-likeness (QED) is 0.780. The van der Waals surface area contributed by atoms with Gasteiger partial charge in [-0.15, -0.1) is 11.3 Å². The predicted octanol–water partition coefficient (Wildman–Crippen LogP) is 0.275. The zero-order chi connectivity index (χ0) is 18.3. The van der Waals surface area contributed by atoms with Gasteiger partial charge in [-0.25, -0.2) is 4.79 Å². The van der Waals surface area contributed by atoms with Gasteiger partial charge in [0.25, 0.3) is 11.8 Å². The van der Waals surface area contributed by atoms with E-state index in [0.717, 1.165) is 15.3 Å². The Morgan fingerprint density at radius 3 is 2.64 bits per heavy atom. The molecule has 2 aliphatic heterocycles. The molecule has 0 unspecified atom stereocenters. The Kier molecular flexibility index (Phi) is 4.51. The number of rotatable bonds is 3. The SMILES string of the molecule is CNC(=O)c1cc2c(s1)CCN(C(=O)C[C@@H]1C(=O)N(C)C(=O)N1C)C2. The summed E-state index contributed by atoms with van der Waals surface area (Å²) >= 11 is 1.45. The minimum absolute atomic E-state index is 0.0206. The highest BCUT2D eigenvalue weighted by Gasteiger charge is 2.42. The van der Waals surface area contributed by atoms with Crippen LogP contribution in [0.4, 0.5) is 4.79 Å². The van der Waals surface area contributed by atoms with Crippen molar-refractivity contribution in [2.75, 3.05) is 27.7 Å². The molecule has 25 heavy (non-hydrogen) atoms. The fourth-order valence-electron chi connectivity index (χ4n) is 3.15. The third-order valence-corrected chi connectivity index (χ3v) is 5.95. The molecular weight excluding hydrogens is 344 g/mol. The van der Waals surface area contributed by atoms with Crippen LogP contribution in [0.15, 0.2) is 6.07 Å². The van der Waals surface area contributed by atoms with Gasteiger partial charge in [0.1, 0.15) is 6.04 Å². The maximum Gasteiger partial charge on any atom is 0.326 e. The van der Waals surface area contributed by atoms with Crippen molar-refractivity contribution in [3.05, 3.63) is 21.4 Å². The van der Waals surface area contributed by atoms with Crippen LogP contribution in [0.5, 0.6) is 0 Å².